The van der Waals surface area contributed by atoms with Crippen LogP contribution in [0.25, 0.3) is 0 Å². The first-order valence-corrected chi connectivity index (χ1v) is 17.6. The Hall–Kier alpha value is -2.89. The van der Waals surface area contributed by atoms with Gasteiger partial charge in [-0.1, -0.05) is 75.3 Å². The molecule has 4 rings (SSSR count). The molecule has 0 radical (unpaired) electrons. The normalized spacial score (nSPS) is 19.0. The van der Waals surface area contributed by atoms with Gasteiger partial charge in [-0.15, -0.1) is 0 Å². The van der Waals surface area contributed by atoms with Gasteiger partial charge < -0.3 is 29.8 Å². The fraction of sp³-hybridized carbons (Fsp3) is 0.625. The Morgan fingerprint density at radius 1 is 1.04 bits per heavy atom. The lowest BCUT2D eigenvalue weighted by Gasteiger charge is -2.43. The van der Waals surface area contributed by atoms with Crippen molar-refractivity contribution in [2.45, 2.75) is 101 Å². The van der Waals surface area contributed by atoms with Gasteiger partial charge in [0.15, 0.2) is 5.85 Å². The summed E-state index contributed by atoms with van der Waals surface area (Å²) in [7, 11) is -1.82. The minimum atomic E-state index is -4.17. The van der Waals surface area contributed by atoms with Crippen molar-refractivity contribution >= 4 is 25.3 Å². The quantitative estimate of drug-likeness (QED) is 0.210. The number of aromatic amines is 1. The molecule has 2 fully saturated rings. The summed E-state index contributed by atoms with van der Waals surface area (Å²) in [6, 6.07) is 5.65. The number of aromatic nitrogens is 2. The molecule has 13 heteroatoms. The fourth-order valence-corrected chi connectivity index (χ4v) is 8.02. The minimum absolute atomic E-state index is 0.0742. The molecule has 1 unspecified atom stereocenters. The van der Waals surface area contributed by atoms with Crippen molar-refractivity contribution in [3.8, 4) is 0 Å². The number of H-pyrrole nitrogens is 1. The highest BCUT2D eigenvalue weighted by Gasteiger charge is 2.48. The summed E-state index contributed by atoms with van der Waals surface area (Å²) in [5, 5.41) is 14.4. The molecule has 1 heterocycles. The number of nitrogens with zero attached hydrogens (tertiary/aromatic N) is 2. The van der Waals surface area contributed by atoms with Crippen molar-refractivity contribution in [2.75, 3.05) is 14.2 Å². The van der Waals surface area contributed by atoms with Crippen LogP contribution in [-0.4, -0.2) is 75.9 Å². The largest absolute Gasteiger partial charge is 0.379 e. The number of nitrogens with one attached hydrogen (secondary N) is 2. The van der Waals surface area contributed by atoms with E-state index < -0.39 is 49.3 Å². The zero-order valence-corrected chi connectivity index (χ0v) is 27.2. The Morgan fingerprint density at radius 3 is 2.29 bits per heavy atom. The number of imide groups is 1. The maximum atomic E-state index is 14.6. The predicted octanol–water partition coefficient (Wildman–Crippen LogP) is 3.70. The average Bonchev–Trinajstić information content (AvgIpc) is 3.79. The number of aliphatic hydroxyl groups excluding tert-OH is 1. The number of carbonyl (C=O) groups is 3. The second-order valence-corrected chi connectivity index (χ2v) is 14.6. The standard InChI is InChI=1S/C32H48N5O7P/c1-43-45(42,44-2)32(41)28(18-23-13-7-4-8-14-23)37(31(40)26(33)17-22-11-5-3-6-12-22)27(19-25-20-34-21-35-25)30(39)36-29(38)24-15-9-10-16-24/h3,5-6,11-12,20-21,23-24,26-28,32,41H,4,7-10,13-19,33H2,1-2H3,(H,34,35)(H,36,38,39)/t26-,27-,28-,32?/m0/s1. The van der Waals surface area contributed by atoms with E-state index in [1.54, 1.807) is 6.20 Å². The first-order chi connectivity index (χ1) is 21.7. The van der Waals surface area contributed by atoms with E-state index in [0.717, 1.165) is 50.5 Å². The molecule has 3 amide bonds. The van der Waals surface area contributed by atoms with E-state index in [2.05, 4.69) is 15.3 Å². The second kappa shape index (κ2) is 16.6. The lowest BCUT2D eigenvalue weighted by atomic mass is 9.84. The van der Waals surface area contributed by atoms with Crippen molar-refractivity contribution in [1.29, 1.82) is 0 Å². The number of amides is 3. The van der Waals surface area contributed by atoms with Crippen molar-refractivity contribution in [2.24, 2.45) is 17.6 Å². The molecule has 4 atom stereocenters. The Morgan fingerprint density at radius 2 is 1.69 bits per heavy atom. The van der Waals surface area contributed by atoms with Crippen LogP contribution >= 0.6 is 7.60 Å². The molecule has 0 bridgehead atoms. The van der Waals surface area contributed by atoms with Crippen LogP contribution in [-0.2, 0) is 40.8 Å². The molecule has 1 aromatic heterocycles. The average molecular weight is 646 g/mol. The molecular weight excluding hydrogens is 597 g/mol. The summed E-state index contributed by atoms with van der Waals surface area (Å²) < 4.78 is 24.2. The summed E-state index contributed by atoms with van der Waals surface area (Å²) in [6.45, 7) is 0. The van der Waals surface area contributed by atoms with Crippen LogP contribution in [0.2, 0.25) is 0 Å². The number of aliphatic hydroxyl groups is 1. The van der Waals surface area contributed by atoms with E-state index >= 15 is 0 Å². The zero-order valence-electron chi connectivity index (χ0n) is 26.3. The van der Waals surface area contributed by atoms with Crippen molar-refractivity contribution in [1.82, 2.24) is 20.2 Å². The number of hydrogen-bond acceptors (Lipinski definition) is 9. The monoisotopic (exact) mass is 645 g/mol. The zero-order chi connectivity index (χ0) is 32.4. The third-order valence-electron chi connectivity index (χ3n) is 9.27. The Kier molecular flexibility index (Phi) is 12.9. The maximum Gasteiger partial charge on any atom is 0.360 e. The summed E-state index contributed by atoms with van der Waals surface area (Å²) in [5.74, 6) is -3.73. The van der Waals surface area contributed by atoms with Gasteiger partial charge >= 0.3 is 7.60 Å². The van der Waals surface area contributed by atoms with Crippen LogP contribution in [0.3, 0.4) is 0 Å². The van der Waals surface area contributed by atoms with Crippen molar-refractivity contribution in [3.63, 3.8) is 0 Å². The van der Waals surface area contributed by atoms with E-state index in [1.807, 2.05) is 30.3 Å². The molecule has 1 aromatic carbocycles. The number of hydrogen-bond donors (Lipinski definition) is 4. The van der Waals surface area contributed by atoms with Crippen LogP contribution < -0.4 is 11.1 Å². The van der Waals surface area contributed by atoms with Crippen LogP contribution in [0.5, 0.6) is 0 Å². The first-order valence-electron chi connectivity index (χ1n) is 16.0. The molecule has 5 N–H and O–H groups in total. The fourth-order valence-electron chi connectivity index (χ4n) is 6.75. The molecule has 248 valence electrons. The van der Waals surface area contributed by atoms with Crippen LogP contribution in [0.15, 0.2) is 42.9 Å². The van der Waals surface area contributed by atoms with E-state index in [-0.39, 0.29) is 31.1 Å². The lowest BCUT2D eigenvalue weighted by Crippen LogP contribution is -2.62. The Labute approximate surface area is 265 Å². The Balaban J connectivity index is 1.79. The van der Waals surface area contributed by atoms with Gasteiger partial charge in [-0.25, -0.2) is 4.98 Å². The molecule has 45 heavy (non-hydrogen) atoms. The third kappa shape index (κ3) is 9.10. The summed E-state index contributed by atoms with van der Waals surface area (Å²) in [4.78, 5) is 50.3. The number of carbonyl (C=O) groups excluding carboxylic acids is 3. The molecular formula is C32H48N5O7P. The number of benzene rings is 1. The van der Waals surface area contributed by atoms with E-state index in [4.69, 9.17) is 14.8 Å². The van der Waals surface area contributed by atoms with Gasteiger partial charge in [0.25, 0.3) is 0 Å². The molecule has 2 saturated carbocycles. The lowest BCUT2D eigenvalue weighted by molar-refractivity contribution is -0.149. The van der Waals surface area contributed by atoms with E-state index in [0.29, 0.717) is 18.5 Å². The highest BCUT2D eigenvalue weighted by molar-refractivity contribution is 7.54. The number of imidazole rings is 1. The SMILES string of the molecule is COP(=O)(OC)C(O)[C@H](CC1CCCCC1)N(C(=O)[C@@H](N)Cc1ccccc1)[C@@H](Cc1c[nH]cn1)C(=O)NC(=O)C1CCCC1. The van der Waals surface area contributed by atoms with Crippen LogP contribution in [0.4, 0.5) is 0 Å². The second-order valence-electron chi connectivity index (χ2n) is 12.3. The highest BCUT2D eigenvalue weighted by Crippen LogP contribution is 2.53. The summed E-state index contributed by atoms with van der Waals surface area (Å²) in [5.41, 5.74) is 7.86. The van der Waals surface area contributed by atoms with Gasteiger partial charge in [-0.05, 0) is 37.2 Å². The van der Waals surface area contributed by atoms with E-state index in [1.165, 1.54) is 25.4 Å². The van der Waals surface area contributed by atoms with Gasteiger partial charge in [0.2, 0.25) is 17.7 Å². The Bertz CT molecular complexity index is 1270. The molecule has 0 aliphatic heterocycles. The highest BCUT2D eigenvalue weighted by atomic mass is 31.2. The van der Waals surface area contributed by atoms with E-state index in [9.17, 15) is 24.1 Å². The predicted molar refractivity (Wildman–Crippen MR) is 169 cm³/mol. The molecule has 0 spiro atoms. The molecule has 2 aromatic rings. The van der Waals surface area contributed by atoms with Gasteiger partial charge in [0, 0.05) is 32.8 Å². The summed E-state index contributed by atoms with van der Waals surface area (Å²) >= 11 is 0. The molecule has 2 aliphatic rings. The molecule has 0 saturated heterocycles. The van der Waals surface area contributed by atoms with Gasteiger partial charge in [0.05, 0.1) is 24.1 Å². The minimum Gasteiger partial charge on any atom is -0.379 e. The van der Waals surface area contributed by atoms with Crippen molar-refractivity contribution < 1.29 is 33.1 Å². The van der Waals surface area contributed by atoms with Gasteiger partial charge in [0.1, 0.15) is 6.04 Å². The van der Waals surface area contributed by atoms with Crippen LogP contribution in [0, 0.1) is 11.8 Å². The number of nitrogens with two attached hydrogens (primary N) is 1. The van der Waals surface area contributed by atoms with Gasteiger partial charge in [-0.3, -0.25) is 24.3 Å². The topological polar surface area (TPSA) is 177 Å². The molecule has 12 nitrogen and oxygen atoms in total. The summed E-state index contributed by atoms with van der Waals surface area (Å²) in [6.07, 6.45) is 11.3. The number of rotatable bonds is 15. The van der Waals surface area contributed by atoms with Crippen LogP contribution in [0.1, 0.15) is 75.5 Å². The maximum absolute atomic E-state index is 14.6. The third-order valence-corrected chi connectivity index (χ3v) is 11.3. The molecule has 2 aliphatic carbocycles. The van der Waals surface area contributed by atoms with Gasteiger partial charge in [-0.2, -0.15) is 0 Å². The smallest absolute Gasteiger partial charge is 0.360 e. The van der Waals surface area contributed by atoms with Crippen molar-refractivity contribution in [3.05, 3.63) is 54.1 Å². The first kappa shape index (κ1) is 35.0.